The molecule has 2 heterocycles. The molecule has 0 radical (unpaired) electrons. The van der Waals surface area contributed by atoms with E-state index in [0.29, 0.717) is 0 Å². The average molecular weight is 195 g/mol. The number of para-hydroxylation sites is 1. The lowest BCUT2D eigenvalue weighted by molar-refractivity contribution is 1.02. The smallest absolute Gasteiger partial charge is 0.0986 e. The van der Waals surface area contributed by atoms with Crippen molar-refractivity contribution in [3.05, 3.63) is 42.1 Å². The Hall–Kier alpha value is -2.03. The lowest BCUT2D eigenvalue weighted by Gasteiger charge is -2.04. The summed E-state index contributed by atoms with van der Waals surface area (Å²) in [6, 6.07) is 10.0. The third-order valence-corrected chi connectivity index (χ3v) is 2.51. The van der Waals surface area contributed by atoms with Crippen LogP contribution in [0.4, 0.5) is 5.69 Å². The van der Waals surface area contributed by atoms with Crippen LogP contribution in [-0.4, -0.2) is 16.4 Å². The molecular formula is C12H9N3. The van der Waals surface area contributed by atoms with Gasteiger partial charge in [-0.15, -0.1) is 0 Å². The van der Waals surface area contributed by atoms with Gasteiger partial charge in [-0.2, -0.15) is 10.2 Å². The lowest BCUT2D eigenvalue weighted by atomic mass is 10.0. The lowest BCUT2D eigenvalue weighted by Crippen LogP contribution is -1.93. The number of aliphatic imine (C=N–C) groups is 1. The fourth-order valence-electron chi connectivity index (χ4n) is 1.78. The highest BCUT2D eigenvalue weighted by atomic mass is 15.1. The fraction of sp³-hybridized carbons (Fsp3) is 0.0833. The van der Waals surface area contributed by atoms with Crippen LogP contribution < -0.4 is 0 Å². The second-order valence-electron chi connectivity index (χ2n) is 3.44. The van der Waals surface area contributed by atoms with Crippen LogP contribution >= 0.6 is 0 Å². The molecule has 0 aliphatic carbocycles. The van der Waals surface area contributed by atoms with E-state index in [1.54, 1.807) is 6.20 Å². The largest absolute Gasteiger partial charge is 0.260 e. The summed E-state index contributed by atoms with van der Waals surface area (Å²) in [5, 5.41) is 8.12. The molecule has 1 aliphatic rings. The summed E-state index contributed by atoms with van der Waals surface area (Å²) in [4.78, 5) is 4.41. The van der Waals surface area contributed by atoms with Crippen LogP contribution in [0.5, 0.6) is 0 Å². The van der Waals surface area contributed by atoms with E-state index < -0.39 is 0 Å². The van der Waals surface area contributed by atoms with Crippen LogP contribution in [0.25, 0.3) is 11.3 Å². The standard InChI is InChI=1S/C12H9N3/c1-2-4-11-10(3-1)12-9(5-7-13-11)6-8-14-15-12/h1-4,6-8H,5H2. The summed E-state index contributed by atoms with van der Waals surface area (Å²) >= 11 is 0. The van der Waals surface area contributed by atoms with Gasteiger partial charge in [0.05, 0.1) is 11.4 Å². The van der Waals surface area contributed by atoms with Gasteiger partial charge in [-0.25, -0.2) is 0 Å². The van der Waals surface area contributed by atoms with Crippen LogP contribution in [0.3, 0.4) is 0 Å². The maximum absolute atomic E-state index is 4.41. The van der Waals surface area contributed by atoms with Gasteiger partial charge >= 0.3 is 0 Å². The van der Waals surface area contributed by atoms with Crippen LogP contribution in [-0.2, 0) is 6.42 Å². The minimum absolute atomic E-state index is 0.819. The number of aromatic nitrogens is 2. The number of hydrogen-bond acceptors (Lipinski definition) is 3. The topological polar surface area (TPSA) is 38.1 Å². The van der Waals surface area contributed by atoms with Crippen LogP contribution in [0.15, 0.2) is 41.5 Å². The zero-order valence-corrected chi connectivity index (χ0v) is 8.09. The number of nitrogens with zero attached hydrogens (tertiary/aromatic N) is 3. The highest BCUT2D eigenvalue weighted by Crippen LogP contribution is 2.32. The predicted octanol–water partition coefficient (Wildman–Crippen LogP) is 2.40. The molecule has 1 aliphatic heterocycles. The monoisotopic (exact) mass is 195 g/mol. The molecule has 3 nitrogen and oxygen atoms in total. The third kappa shape index (κ3) is 1.32. The average Bonchev–Trinajstić information content (AvgIpc) is 2.48. The van der Waals surface area contributed by atoms with E-state index in [-0.39, 0.29) is 0 Å². The number of benzene rings is 1. The SMILES string of the molecule is C1=Nc2ccccc2-c2nnccc2C1. The molecule has 0 saturated carbocycles. The molecule has 15 heavy (non-hydrogen) atoms. The molecule has 0 amide bonds. The van der Waals surface area contributed by atoms with Gasteiger partial charge in [0.25, 0.3) is 0 Å². The summed E-state index contributed by atoms with van der Waals surface area (Å²) in [6.07, 6.45) is 4.46. The first kappa shape index (κ1) is 8.29. The van der Waals surface area contributed by atoms with E-state index >= 15 is 0 Å². The number of fused-ring (bicyclic) bond motifs is 3. The number of hydrogen-bond donors (Lipinski definition) is 0. The Morgan fingerprint density at radius 3 is 3.00 bits per heavy atom. The quantitative estimate of drug-likeness (QED) is 0.647. The van der Waals surface area contributed by atoms with Crippen molar-refractivity contribution in [2.45, 2.75) is 6.42 Å². The van der Waals surface area contributed by atoms with E-state index in [1.807, 2.05) is 36.5 Å². The molecule has 0 N–H and O–H groups in total. The van der Waals surface area contributed by atoms with E-state index in [2.05, 4.69) is 15.2 Å². The summed E-state index contributed by atoms with van der Waals surface area (Å²) in [7, 11) is 0. The van der Waals surface area contributed by atoms with Crippen molar-refractivity contribution in [3.63, 3.8) is 0 Å². The van der Waals surface area contributed by atoms with Crippen molar-refractivity contribution in [2.24, 2.45) is 4.99 Å². The van der Waals surface area contributed by atoms with E-state index in [4.69, 9.17) is 0 Å². The minimum Gasteiger partial charge on any atom is -0.260 e. The molecule has 1 aromatic heterocycles. The Morgan fingerprint density at radius 2 is 2.00 bits per heavy atom. The van der Waals surface area contributed by atoms with Gasteiger partial charge in [0.15, 0.2) is 0 Å². The Balaban J connectivity index is 2.33. The van der Waals surface area contributed by atoms with Crippen LogP contribution in [0.2, 0.25) is 0 Å². The Morgan fingerprint density at radius 1 is 1.07 bits per heavy atom. The van der Waals surface area contributed by atoms with Crippen molar-refractivity contribution >= 4 is 11.9 Å². The van der Waals surface area contributed by atoms with Crippen LogP contribution in [0, 0.1) is 0 Å². The molecular weight excluding hydrogens is 186 g/mol. The van der Waals surface area contributed by atoms with Gasteiger partial charge in [0.2, 0.25) is 0 Å². The zero-order chi connectivity index (χ0) is 10.1. The number of rotatable bonds is 0. The maximum Gasteiger partial charge on any atom is 0.0986 e. The molecule has 1 aromatic carbocycles. The van der Waals surface area contributed by atoms with Crippen molar-refractivity contribution < 1.29 is 0 Å². The summed E-state index contributed by atoms with van der Waals surface area (Å²) in [5.41, 5.74) is 4.16. The molecule has 0 saturated heterocycles. The Bertz CT molecular complexity index is 532. The van der Waals surface area contributed by atoms with Gasteiger partial charge in [-0.3, -0.25) is 4.99 Å². The molecule has 0 unspecified atom stereocenters. The van der Waals surface area contributed by atoms with Crippen LogP contribution in [0.1, 0.15) is 5.56 Å². The third-order valence-electron chi connectivity index (χ3n) is 2.51. The molecule has 0 bridgehead atoms. The first-order valence-electron chi connectivity index (χ1n) is 4.87. The minimum atomic E-state index is 0.819. The first-order valence-corrected chi connectivity index (χ1v) is 4.87. The highest BCUT2D eigenvalue weighted by Gasteiger charge is 2.12. The van der Waals surface area contributed by atoms with Crippen molar-refractivity contribution in [3.8, 4) is 11.3 Å². The van der Waals surface area contributed by atoms with E-state index in [1.165, 1.54) is 5.56 Å². The van der Waals surface area contributed by atoms with Gasteiger partial charge in [0, 0.05) is 24.4 Å². The predicted molar refractivity (Wildman–Crippen MR) is 59.3 cm³/mol. The second kappa shape index (κ2) is 3.28. The van der Waals surface area contributed by atoms with Gasteiger partial charge in [-0.05, 0) is 17.7 Å². The summed E-state index contributed by atoms with van der Waals surface area (Å²) < 4.78 is 0. The molecule has 72 valence electrons. The first-order chi connectivity index (χ1) is 7.45. The Labute approximate surface area is 87.5 Å². The van der Waals surface area contributed by atoms with Gasteiger partial charge in [-0.1, -0.05) is 18.2 Å². The molecule has 0 fully saturated rings. The van der Waals surface area contributed by atoms with Gasteiger partial charge < -0.3 is 0 Å². The highest BCUT2D eigenvalue weighted by molar-refractivity contribution is 5.83. The second-order valence-corrected chi connectivity index (χ2v) is 3.44. The normalized spacial score (nSPS) is 12.8. The molecule has 3 rings (SSSR count). The summed E-state index contributed by atoms with van der Waals surface area (Å²) in [5.74, 6) is 0. The van der Waals surface area contributed by atoms with Gasteiger partial charge in [0.1, 0.15) is 0 Å². The molecule has 0 spiro atoms. The van der Waals surface area contributed by atoms with Crippen molar-refractivity contribution in [1.29, 1.82) is 0 Å². The molecule has 3 heteroatoms. The van der Waals surface area contributed by atoms with Crippen molar-refractivity contribution in [1.82, 2.24) is 10.2 Å². The van der Waals surface area contributed by atoms with E-state index in [0.717, 1.165) is 23.4 Å². The maximum atomic E-state index is 4.41. The summed E-state index contributed by atoms with van der Waals surface area (Å²) in [6.45, 7) is 0. The van der Waals surface area contributed by atoms with E-state index in [9.17, 15) is 0 Å². The zero-order valence-electron chi connectivity index (χ0n) is 8.09. The molecule has 0 atom stereocenters. The van der Waals surface area contributed by atoms with Crippen molar-refractivity contribution in [2.75, 3.05) is 0 Å². The fourth-order valence-corrected chi connectivity index (χ4v) is 1.78. The molecule has 2 aromatic rings. The Kier molecular flexibility index (Phi) is 1.81.